The first-order chi connectivity index (χ1) is 9.12. The number of nitrogens with one attached hydrogen (secondary N) is 2. The van der Waals surface area contributed by atoms with Crippen molar-refractivity contribution in [3.05, 3.63) is 28.2 Å². The van der Waals surface area contributed by atoms with Crippen LogP contribution in [0.2, 0.25) is 0 Å². The van der Waals surface area contributed by atoms with E-state index in [-0.39, 0.29) is 11.8 Å². The molecule has 1 atom stereocenters. The van der Waals surface area contributed by atoms with Crippen molar-refractivity contribution < 1.29 is 9.53 Å². The Morgan fingerprint density at radius 1 is 1.47 bits per heavy atom. The summed E-state index contributed by atoms with van der Waals surface area (Å²) in [5.74, 6) is 0.896. The van der Waals surface area contributed by atoms with Crippen LogP contribution in [0.5, 0.6) is 5.75 Å². The van der Waals surface area contributed by atoms with Crippen molar-refractivity contribution in [1.82, 2.24) is 10.6 Å². The van der Waals surface area contributed by atoms with Crippen LogP contribution in [-0.2, 0) is 11.3 Å². The Bertz CT molecular complexity index is 424. The molecule has 1 unspecified atom stereocenters. The number of carbonyl (C=O) groups is 1. The third-order valence-electron chi connectivity index (χ3n) is 3.00. The molecule has 0 spiro atoms. The highest BCUT2D eigenvalue weighted by Gasteiger charge is 2.14. The van der Waals surface area contributed by atoms with Crippen LogP contribution in [0.4, 0.5) is 0 Å². The molecule has 1 amide bonds. The normalized spacial score (nSPS) is 12.0. The van der Waals surface area contributed by atoms with Gasteiger partial charge in [0, 0.05) is 13.1 Å². The molecule has 4 nitrogen and oxygen atoms in total. The second kappa shape index (κ2) is 8.17. The Balaban J connectivity index is 2.56. The number of carbonyl (C=O) groups excluding carboxylic acids is 1. The first kappa shape index (κ1) is 16.0. The minimum absolute atomic E-state index is 0.0201. The van der Waals surface area contributed by atoms with Crippen LogP contribution in [0.25, 0.3) is 0 Å². The highest BCUT2D eigenvalue weighted by Crippen LogP contribution is 2.25. The molecule has 0 bridgehead atoms. The summed E-state index contributed by atoms with van der Waals surface area (Å²) in [5, 5.41) is 6.00. The summed E-state index contributed by atoms with van der Waals surface area (Å²) in [6.45, 7) is 3.25. The average Bonchev–Trinajstić information content (AvgIpc) is 2.42. The number of halogens is 1. The quantitative estimate of drug-likeness (QED) is 0.807. The molecule has 106 valence electrons. The molecule has 19 heavy (non-hydrogen) atoms. The third kappa shape index (κ3) is 4.84. The van der Waals surface area contributed by atoms with Crippen LogP contribution < -0.4 is 15.4 Å². The van der Waals surface area contributed by atoms with E-state index >= 15 is 0 Å². The molecule has 0 saturated heterocycles. The number of methoxy groups -OCH3 is 1. The number of ether oxygens (including phenoxy) is 1. The summed E-state index contributed by atoms with van der Waals surface area (Å²) in [6, 6.07) is 5.79. The minimum Gasteiger partial charge on any atom is -0.496 e. The van der Waals surface area contributed by atoms with Crippen LogP contribution in [0.3, 0.4) is 0 Å². The molecule has 0 aromatic heterocycles. The maximum atomic E-state index is 12.0. The third-order valence-corrected chi connectivity index (χ3v) is 3.62. The van der Waals surface area contributed by atoms with E-state index in [2.05, 4.69) is 26.6 Å². The highest BCUT2D eigenvalue weighted by molar-refractivity contribution is 9.10. The minimum atomic E-state index is 0.0201. The summed E-state index contributed by atoms with van der Waals surface area (Å²) >= 11 is 3.43. The largest absolute Gasteiger partial charge is 0.496 e. The zero-order valence-corrected chi connectivity index (χ0v) is 13.2. The number of hydrogen-bond acceptors (Lipinski definition) is 3. The van der Waals surface area contributed by atoms with Crippen LogP contribution in [-0.4, -0.2) is 26.6 Å². The standard InChI is InChI=1S/C14H21BrN2O2/c1-4-11(9-16-2)14(18)17-8-10-5-6-13(19-3)12(15)7-10/h5-7,11,16H,4,8-9H2,1-3H3,(H,17,18). The molecule has 0 aliphatic carbocycles. The fourth-order valence-corrected chi connectivity index (χ4v) is 2.41. The highest BCUT2D eigenvalue weighted by atomic mass is 79.9. The van der Waals surface area contributed by atoms with Crippen molar-refractivity contribution in [2.75, 3.05) is 20.7 Å². The van der Waals surface area contributed by atoms with E-state index in [0.29, 0.717) is 13.1 Å². The van der Waals surface area contributed by atoms with Gasteiger partial charge in [0.2, 0.25) is 5.91 Å². The monoisotopic (exact) mass is 328 g/mol. The SMILES string of the molecule is CCC(CNC)C(=O)NCc1ccc(OC)c(Br)c1. The van der Waals surface area contributed by atoms with Gasteiger partial charge in [0.05, 0.1) is 17.5 Å². The molecule has 5 heteroatoms. The van der Waals surface area contributed by atoms with Gasteiger partial charge in [0.1, 0.15) is 5.75 Å². The molecule has 0 heterocycles. The van der Waals surface area contributed by atoms with Gasteiger partial charge in [-0.2, -0.15) is 0 Å². The zero-order chi connectivity index (χ0) is 14.3. The summed E-state index contributed by atoms with van der Waals surface area (Å²) in [4.78, 5) is 12.0. The zero-order valence-electron chi connectivity index (χ0n) is 11.6. The van der Waals surface area contributed by atoms with E-state index in [9.17, 15) is 4.79 Å². The summed E-state index contributed by atoms with van der Waals surface area (Å²) < 4.78 is 6.06. The number of amides is 1. The Hall–Kier alpha value is -1.07. The van der Waals surface area contributed by atoms with Crippen molar-refractivity contribution in [3.63, 3.8) is 0 Å². The van der Waals surface area contributed by atoms with Gasteiger partial charge in [0.15, 0.2) is 0 Å². The first-order valence-electron chi connectivity index (χ1n) is 6.37. The maximum Gasteiger partial charge on any atom is 0.224 e. The molecular weight excluding hydrogens is 308 g/mol. The van der Waals surface area contributed by atoms with Gasteiger partial charge in [-0.3, -0.25) is 4.79 Å². The Morgan fingerprint density at radius 3 is 2.74 bits per heavy atom. The van der Waals surface area contributed by atoms with Crippen LogP contribution in [0, 0.1) is 5.92 Å². The molecule has 0 radical (unpaired) electrons. The van der Waals surface area contributed by atoms with Crippen LogP contribution in [0.1, 0.15) is 18.9 Å². The van der Waals surface area contributed by atoms with E-state index in [1.54, 1.807) is 7.11 Å². The second-order valence-electron chi connectivity index (χ2n) is 4.35. The fraction of sp³-hybridized carbons (Fsp3) is 0.500. The van der Waals surface area contributed by atoms with Gasteiger partial charge in [-0.05, 0) is 47.1 Å². The van der Waals surface area contributed by atoms with Gasteiger partial charge in [-0.25, -0.2) is 0 Å². The van der Waals surface area contributed by atoms with Crippen LogP contribution in [0.15, 0.2) is 22.7 Å². The molecule has 0 aliphatic heterocycles. The number of benzene rings is 1. The van der Waals surface area contributed by atoms with Crippen molar-refractivity contribution in [2.24, 2.45) is 5.92 Å². The first-order valence-corrected chi connectivity index (χ1v) is 7.16. The van der Waals surface area contributed by atoms with Gasteiger partial charge >= 0.3 is 0 Å². The van der Waals surface area contributed by atoms with Gasteiger partial charge < -0.3 is 15.4 Å². The summed E-state index contributed by atoms with van der Waals surface area (Å²) in [5.41, 5.74) is 1.04. The second-order valence-corrected chi connectivity index (χ2v) is 5.20. The average molecular weight is 329 g/mol. The Kier molecular flexibility index (Phi) is 6.87. The Morgan fingerprint density at radius 2 is 2.21 bits per heavy atom. The topological polar surface area (TPSA) is 50.4 Å². The van der Waals surface area contributed by atoms with E-state index in [0.717, 1.165) is 22.2 Å². The lowest BCUT2D eigenvalue weighted by atomic mass is 10.1. The molecule has 0 fully saturated rings. The molecule has 0 saturated carbocycles. The lowest BCUT2D eigenvalue weighted by Crippen LogP contribution is -2.35. The smallest absolute Gasteiger partial charge is 0.224 e. The molecular formula is C14H21BrN2O2. The predicted molar refractivity (Wildman–Crippen MR) is 80.2 cm³/mol. The maximum absolute atomic E-state index is 12.0. The summed E-state index contributed by atoms with van der Waals surface area (Å²) in [6.07, 6.45) is 0.832. The predicted octanol–water partition coefficient (Wildman–Crippen LogP) is 2.32. The van der Waals surface area contributed by atoms with Crippen molar-refractivity contribution >= 4 is 21.8 Å². The van der Waals surface area contributed by atoms with E-state index in [4.69, 9.17) is 4.74 Å². The van der Waals surface area contributed by atoms with Gasteiger partial charge in [0.25, 0.3) is 0 Å². The van der Waals surface area contributed by atoms with E-state index in [1.165, 1.54) is 0 Å². The lowest BCUT2D eigenvalue weighted by molar-refractivity contribution is -0.125. The lowest BCUT2D eigenvalue weighted by Gasteiger charge is -2.14. The summed E-state index contributed by atoms with van der Waals surface area (Å²) in [7, 11) is 3.49. The van der Waals surface area contributed by atoms with Crippen LogP contribution >= 0.6 is 15.9 Å². The van der Waals surface area contributed by atoms with Crippen molar-refractivity contribution in [2.45, 2.75) is 19.9 Å². The molecule has 0 aliphatic rings. The molecule has 1 aromatic rings. The van der Waals surface area contributed by atoms with E-state index < -0.39 is 0 Å². The van der Waals surface area contributed by atoms with E-state index in [1.807, 2.05) is 32.2 Å². The van der Waals surface area contributed by atoms with Crippen molar-refractivity contribution in [1.29, 1.82) is 0 Å². The Labute approximate surface area is 123 Å². The van der Waals surface area contributed by atoms with Gasteiger partial charge in [-0.1, -0.05) is 13.0 Å². The molecule has 1 aromatic carbocycles. The fourth-order valence-electron chi connectivity index (χ4n) is 1.82. The number of rotatable bonds is 7. The molecule has 1 rings (SSSR count). The number of hydrogen-bond donors (Lipinski definition) is 2. The van der Waals surface area contributed by atoms with Crippen molar-refractivity contribution in [3.8, 4) is 5.75 Å². The van der Waals surface area contributed by atoms with Gasteiger partial charge in [-0.15, -0.1) is 0 Å². The molecule has 2 N–H and O–H groups in total.